The van der Waals surface area contributed by atoms with E-state index >= 15 is 0 Å². The number of hydrogen-bond donors (Lipinski definition) is 2. The highest BCUT2D eigenvalue weighted by atomic mass is 35.5. The van der Waals surface area contributed by atoms with E-state index in [1.165, 1.54) is 12.0 Å². The number of rotatable bonds is 7. The molecule has 0 saturated carbocycles. The molecule has 1 aliphatic rings. The molecule has 5 heteroatoms. The molecule has 4 nitrogen and oxygen atoms in total. The van der Waals surface area contributed by atoms with Gasteiger partial charge in [0.1, 0.15) is 0 Å². The lowest BCUT2D eigenvalue weighted by atomic mass is 10.0. The highest BCUT2D eigenvalue weighted by molar-refractivity contribution is 5.85. The number of methoxy groups -OCH3 is 1. The van der Waals surface area contributed by atoms with E-state index in [0.29, 0.717) is 19.0 Å². The lowest BCUT2D eigenvalue weighted by Crippen LogP contribution is -2.46. The molecule has 1 heterocycles. The average Bonchev–Trinajstić information content (AvgIpc) is 2.87. The van der Waals surface area contributed by atoms with Crippen molar-refractivity contribution in [2.45, 2.75) is 37.5 Å². The van der Waals surface area contributed by atoms with Gasteiger partial charge in [0.15, 0.2) is 0 Å². The van der Waals surface area contributed by atoms with Crippen molar-refractivity contribution >= 4 is 12.4 Å². The fourth-order valence-corrected chi connectivity index (χ4v) is 2.91. The normalized spacial score (nSPS) is 21.8. The first kappa shape index (κ1) is 18.4. The molecular weight excluding hydrogens is 288 g/mol. The quantitative estimate of drug-likeness (QED) is 0.800. The Morgan fingerprint density at radius 3 is 2.76 bits per heavy atom. The van der Waals surface area contributed by atoms with Crippen LogP contribution in [0.2, 0.25) is 0 Å². The summed E-state index contributed by atoms with van der Waals surface area (Å²) in [7, 11) is 1.73. The summed E-state index contributed by atoms with van der Waals surface area (Å²) in [6, 6.07) is 10.3. The van der Waals surface area contributed by atoms with Crippen molar-refractivity contribution in [2.24, 2.45) is 5.73 Å². The van der Waals surface area contributed by atoms with Crippen molar-refractivity contribution in [3.63, 3.8) is 0 Å². The van der Waals surface area contributed by atoms with Gasteiger partial charge in [-0.25, -0.2) is 0 Å². The summed E-state index contributed by atoms with van der Waals surface area (Å²) in [4.78, 5) is 2.30. The third-order valence-corrected chi connectivity index (χ3v) is 4.09. The molecule has 0 radical (unpaired) electrons. The number of ether oxygens (including phenoxy) is 1. The lowest BCUT2D eigenvalue weighted by molar-refractivity contribution is 0.0588. The minimum absolute atomic E-state index is 0. The monoisotopic (exact) mass is 314 g/mol. The zero-order valence-corrected chi connectivity index (χ0v) is 13.5. The SMILES string of the molecule is COC[C@@H]1CCCN1C[C@H](O)[C@H](N)Cc1ccccc1.Cl. The molecule has 3 N–H and O–H groups in total. The Morgan fingerprint density at radius 2 is 2.10 bits per heavy atom. The number of β-amino-alcohol motifs (C(OH)–C–C–N with tert-alkyl or cyclic N) is 1. The molecular formula is C16H27ClN2O2. The number of aliphatic hydroxyl groups excluding tert-OH is 1. The highest BCUT2D eigenvalue weighted by Crippen LogP contribution is 2.18. The summed E-state index contributed by atoms with van der Waals surface area (Å²) in [6.45, 7) is 2.41. The molecule has 0 bridgehead atoms. The number of hydrogen-bond acceptors (Lipinski definition) is 4. The van der Waals surface area contributed by atoms with E-state index in [4.69, 9.17) is 10.5 Å². The molecule has 0 spiro atoms. The third-order valence-electron chi connectivity index (χ3n) is 4.09. The molecule has 1 aliphatic heterocycles. The van der Waals surface area contributed by atoms with Gasteiger partial charge in [-0.05, 0) is 31.4 Å². The van der Waals surface area contributed by atoms with Crippen molar-refractivity contribution in [2.75, 3.05) is 26.8 Å². The Morgan fingerprint density at radius 1 is 1.38 bits per heavy atom. The van der Waals surface area contributed by atoms with Gasteiger partial charge in [-0.3, -0.25) is 4.90 Å². The Balaban J connectivity index is 0.00000220. The van der Waals surface area contributed by atoms with E-state index in [1.807, 2.05) is 18.2 Å². The van der Waals surface area contributed by atoms with Gasteiger partial charge in [0.2, 0.25) is 0 Å². The number of halogens is 1. The van der Waals surface area contributed by atoms with Crippen molar-refractivity contribution in [1.29, 1.82) is 0 Å². The molecule has 120 valence electrons. The van der Waals surface area contributed by atoms with Crippen LogP contribution in [0.3, 0.4) is 0 Å². The van der Waals surface area contributed by atoms with Crippen LogP contribution in [-0.4, -0.2) is 55.0 Å². The van der Waals surface area contributed by atoms with Crippen LogP contribution in [0.4, 0.5) is 0 Å². The largest absolute Gasteiger partial charge is 0.390 e. The minimum atomic E-state index is -0.493. The third kappa shape index (κ3) is 5.57. The maximum atomic E-state index is 10.3. The van der Waals surface area contributed by atoms with Gasteiger partial charge in [-0.1, -0.05) is 30.3 Å². The van der Waals surface area contributed by atoms with Crippen LogP contribution >= 0.6 is 12.4 Å². The van der Waals surface area contributed by atoms with Crippen LogP contribution in [0.15, 0.2) is 30.3 Å². The van der Waals surface area contributed by atoms with Crippen LogP contribution < -0.4 is 5.73 Å². The molecule has 0 aromatic heterocycles. The summed E-state index contributed by atoms with van der Waals surface area (Å²) < 4.78 is 5.24. The summed E-state index contributed by atoms with van der Waals surface area (Å²) in [5.41, 5.74) is 7.31. The second-order valence-corrected chi connectivity index (χ2v) is 5.67. The first-order valence-corrected chi connectivity index (χ1v) is 7.41. The van der Waals surface area contributed by atoms with Crippen LogP contribution in [0.25, 0.3) is 0 Å². The fraction of sp³-hybridized carbons (Fsp3) is 0.625. The Labute approximate surface area is 133 Å². The van der Waals surface area contributed by atoms with Crippen LogP contribution in [-0.2, 0) is 11.2 Å². The maximum absolute atomic E-state index is 10.3. The predicted octanol–water partition coefficient (Wildman–Crippen LogP) is 1.45. The fourth-order valence-electron chi connectivity index (χ4n) is 2.91. The Bertz CT molecular complexity index is 391. The van der Waals surface area contributed by atoms with Gasteiger partial charge < -0.3 is 15.6 Å². The molecule has 0 amide bonds. The Hall–Kier alpha value is -0.650. The van der Waals surface area contributed by atoms with Crippen LogP contribution in [0, 0.1) is 0 Å². The van der Waals surface area contributed by atoms with Gasteiger partial charge in [0, 0.05) is 25.7 Å². The summed E-state index contributed by atoms with van der Waals surface area (Å²) in [5, 5.41) is 10.3. The summed E-state index contributed by atoms with van der Waals surface area (Å²) in [6.07, 6.45) is 2.54. The molecule has 0 aliphatic carbocycles. The van der Waals surface area contributed by atoms with Crippen molar-refractivity contribution in [1.82, 2.24) is 4.90 Å². The number of nitrogens with two attached hydrogens (primary N) is 1. The second-order valence-electron chi connectivity index (χ2n) is 5.67. The minimum Gasteiger partial charge on any atom is -0.390 e. The summed E-state index contributed by atoms with van der Waals surface area (Å²) >= 11 is 0. The molecule has 0 unspecified atom stereocenters. The molecule has 1 fully saturated rings. The van der Waals surface area contributed by atoms with Gasteiger partial charge in [0.05, 0.1) is 12.7 Å². The van der Waals surface area contributed by atoms with Crippen molar-refractivity contribution in [3.8, 4) is 0 Å². The van der Waals surface area contributed by atoms with Crippen molar-refractivity contribution in [3.05, 3.63) is 35.9 Å². The van der Waals surface area contributed by atoms with Gasteiger partial charge in [0.25, 0.3) is 0 Å². The summed E-state index contributed by atoms with van der Waals surface area (Å²) in [5.74, 6) is 0. The smallest absolute Gasteiger partial charge is 0.0821 e. The number of aliphatic hydroxyl groups is 1. The van der Waals surface area contributed by atoms with Crippen LogP contribution in [0.1, 0.15) is 18.4 Å². The van der Waals surface area contributed by atoms with E-state index in [2.05, 4.69) is 17.0 Å². The van der Waals surface area contributed by atoms with Crippen LogP contribution in [0.5, 0.6) is 0 Å². The zero-order valence-electron chi connectivity index (χ0n) is 12.6. The van der Waals surface area contributed by atoms with E-state index in [0.717, 1.165) is 19.6 Å². The molecule has 1 saturated heterocycles. The first-order chi connectivity index (χ1) is 9.70. The standard InChI is InChI=1S/C16H26N2O2.ClH/c1-20-12-14-8-5-9-18(14)11-16(19)15(17)10-13-6-3-2-4-7-13;/h2-4,6-7,14-16,19H,5,8-12,17H2,1H3;1H/t14-,15+,16-;/m0./s1. The van der Waals surface area contributed by atoms with Gasteiger partial charge in [-0.15, -0.1) is 12.4 Å². The molecule has 21 heavy (non-hydrogen) atoms. The average molecular weight is 315 g/mol. The maximum Gasteiger partial charge on any atom is 0.0821 e. The number of benzene rings is 1. The van der Waals surface area contributed by atoms with E-state index in [-0.39, 0.29) is 18.4 Å². The van der Waals surface area contributed by atoms with E-state index in [9.17, 15) is 5.11 Å². The second kappa shape index (κ2) is 9.38. The molecule has 1 aromatic rings. The Kier molecular flexibility index (Phi) is 8.22. The highest BCUT2D eigenvalue weighted by Gasteiger charge is 2.28. The topological polar surface area (TPSA) is 58.7 Å². The lowest BCUT2D eigenvalue weighted by Gasteiger charge is -2.28. The van der Waals surface area contributed by atoms with Gasteiger partial charge in [-0.2, -0.15) is 0 Å². The van der Waals surface area contributed by atoms with Gasteiger partial charge >= 0.3 is 0 Å². The van der Waals surface area contributed by atoms with Crippen molar-refractivity contribution < 1.29 is 9.84 Å². The molecule has 3 atom stereocenters. The number of nitrogens with zero attached hydrogens (tertiary/aromatic N) is 1. The molecule has 2 rings (SSSR count). The zero-order chi connectivity index (χ0) is 14.4. The number of likely N-dealkylation sites (tertiary alicyclic amines) is 1. The van der Waals surface area contributed by atoms with E-state index < -0.39 is 6.10 Å². The molecule has 1 aromatic carbocycles. The predicted molar refractivity (Wildman–Crippen MR) is 87.8 cm³/mol. The van der Waals surface area contributed by atoms with E-state index in [1.54, 1.807) is 7.11 Å². The first-order valence-electron chi connectivity index (χ1n) is 7.41.